The number of nitrogens with zero attached hydrogens (tertiary/aromatic N) is 1. The average Bonchev–Trinajstić information content (AvgIpc) is 2.11. The van der Waals surface area contributed by atoms with Gasteiger partial charge in [0.1, 0.15) is 0 Å². The Labute approximate surface area is 107 Å². The van der Waals surface area contributed by atoms with Crippen LogP contribution in [0, 0.1) is 23.2 Å². The van der Waals surface area contributed by atoms with Gasteiger partial charge in [-0.1, -0.05) is 12.6 Å². The van der Waals surface area contributed by atoms with E-state index in [1.54, 1.807) is 0 Å². The van der Waals surface area contributed by atoms with Gasteiger partial charge in [0.25, 0.3) is 5.24 Å². The van der Waals surface area contributed by atoms with E-state index < -0.39 is 0 Å². The standard InChI is InChI=1S/C12H19N3OS/c13-10(14)15(11(16)17)12-4-7-1-8(5-12)3-9(2-7)6-12/h7-9H,1-6H2,(H3,13,14)(H,16,17). The van der Waals surface area contributed by atoms with Crippen LogP contribution in [-0.4, -0.2) is 21.6 Å². The molecule has 4 nitrogen and oxygen atoms in total. The molecule has 0 unspecified atom stereocenters. The summed E-state index contributed by atoms with van der Waals surface area (Å²) in [6, 6.07) is 0. The third-order valence-corrected chi connectivity index (χ3v) is 5.11. The molecular formula is C12H19N3OS. The van der Waals surface area contributed by atoms with E-state index in [1.165, 1.54) is 24.2 Å². The molecule has 3 N–H and O–H groups in total. The predicted octanol–water partition coefficient (Wildman–Crippen LogP) is 2.20. The zero-order valence-corrected chi connectivity index (χ0v) is 10.7. The van der Waals surface area contributed by atoms with Gasteiger partial charge in [-0.3, -0.25) is 15.1 Å². The molecule has 4 bridgehead atoms. The first kappa shape index (κ1) is 11.4. The van der Waals surface area contributed by atoms with Crippen LogP contribution in [0.3, 0.4) is 0 Å². The Kier molecular flexibility index (Phi) is 2.44. The number of guanidine groups is 1. The lowest BCUT2D eigenvalue weighted by atomic mass is 9.52. The van der Waals surface area contributed by atoms with Gasteiger partial charge in [0.2, 0.25) is 0 Å². The van der Waals surface area contributed by atoms with Crippen molar-refractivity contribution in [3.05, 3.63) is 0 Å². The minimum absolute atomic E-state index is 0.132. The summed E-state index contributed by atoms with van der Waals surface area (Å²) >= 11 is 3.91. The largest absolute Gasteiger partial charge is 0.370 e. The third kappa shape index (κ3) is 1.66. The van der Waals surface area contributed by atoms with Gasteiger partial charge in [-0.15, -0.1) is 0 Å². The van der Waals surface area contributed by atoms with Gasteiger partial charge in [0.15, 0.2) is 5.96 Å². The third-order valence-electron chi connectivity index (χ3n) is 4.91. The fourth-order valence-corrected chi connectivity index (χ4v) is 5.22. The van der Waals surface area contributed by atoms with Crippen molar-refractivity contribution in [2.75, 3.05) is 0 Å². The summed E-state index contributed by atoms with van der Waals surface area (Å²) in [6.07, 6.45) is 6.99. The summed E-state index contributed by atoms with van der Waals surface area (Å²) in [5.74, 6) is 2.06. The number of amides is 1. The van der Waals surface area contributed by atoms with Crippen LogP contribution in [0.15, 0.2) is 0 Å². The molecular weight excluding hydrogens is 234 g/mol. The lowest BCUT2D eigenvalue weighted by molar-refractivity contribution is -0.0462. The highest BCUT2D eigenvalue weighted by Gasteiger charge is 2.55. The molecule has 5 heteroatoms. The summed E-state index contributed by atoms with van der Waals surface area (Å²) < 4.78 is 0. The summed E-state index contributed by atoms with van der Waals surface area (Å²) in [5, 5.41) is 7.29. The van der Waals surface area contributed by atoms with Gasteiger partial charge in [-0.2, -0.15) is 0 Å². The van der Waals surface area contributed by atoms with E-state index in [0.717, 1.165) is 37.0 Å². The average molecular weight is 253 g/mol. The lowest BCUT2D eigenvalue weighted by Crippen LogP contribution is -2.63. The molecule has 0 radical (unpaired) electrons. The number of nitrogens with one attached hydrogen (secondary N) is 1. The molecule has 0 aromatic heterocycles. The lowest BCUT2D eigenvalue weighted by Gasteiger charge is -2.59. The first-order chi connectivity index (χ1) is 8.00. The second-order valence-corrected chi connectivity index (χ2v) is 6.53. The van der Waals surface area contributed by atoms with Gasteiger partial charge < -0.3 is 5.73 Å². The molecule has 4 fully saturated rings. The molecule has 0 aromatic carbocycles. The van der Waals surface area contributed by atoms with Crippen molar-refractivity contribution >= 4 is 23.8 Å². The molecule has 0 heterocycles. The van der Waals surface area contributed by atoms with Crippen molar-refractivity contribution in [2.24, 2.45) is 23.5 Å². The van der Waals surface area contributed by atoms with Gasteiger partial charge >= 0.3 is 0 Å². The summed E-state index contributed by atoms with van der Waals surface area (Å²) in [6.45, 7) is 0. The minimum atomic E-state index is -0.362. The van der Waals surface area contributed by atoms with Crippen LogP contribution in [0.4, 0.5) is 4.79 Å². The summed E-state index contributed by atoms with van der Waals surface area (Å²) in [7, 11) is 0. The van der Waals surface area contributed by atoms with E-state index in [9.17, 15) is 4.79 Å². The van der Waals surface area contributed by atoms with Crippen LogP contribution in [0.1, 0.15) is 38.5 Å². The van der Waals surface area contributed by atoms with Crippen LogP contribution in [0.25, 0.3) is 0 Å². The first-order valence-corrected chi connectivity index (χ1v) is 6.82. The van der Waals surface area contributed by atoms with Gasteiger partial charge in [-0.05, 0) is 56.3 Å². The maximum Gasteiger partial charge on any atom is 0.285 e. The Morgan fingerprint density at radius 3 is 1.88 bits per heavy atom. The second kappa shape index (κ2) is 3.64. The van der Waals surface area contributed by atoms with E-state index in [4.69, 9.17) is 11.1 Å². The predicted molar refractivity (Wildman–Crippen MR) is 69.0 cm³/mol. The summed E-state index contributed by atoms with van der Waals surface area (Å²) in [4.78, 5) is 13.1. The molecule has 1 amide bonds. The van der Waals surface area contributed by atoms with Crippen molar-refractivity contribution in [1.82, 2.24) is 4.90 Å². The van der Waals surface area contributed by atoms with E-state index in [1.807, 2.05) is 0 Å². The molecule has 0 aliphatic heterocycles. The highest BCUT2D eigenvalue weighted by Crippen LogP contribution is 2.57. The normalized spacial score (nSPS) is 42.5. The molecule has 4 aliphatic carbocycles. The van der Waals surface area contributed by atoms with Gasteiger partial charge in [0, 0.05) is 0 Å². The van der Waals surface area contributed by atoms with Gasteiger partial charge in [-0.25, -0.2) is 0 Å². The number of nitrogens with two attached hydrogens (primary N) is 1. The number of hydrogen-bond acceptors (Lipinski definition) is 2. The number of hydrogen-bond donors (Lipinski definition) is 3. The number of thiol groups is 1. The molecule has 0 saturated heterocycles. The summed E-state index contributed by atoms with van der Waals surface area (Å²) in [5.41, 5.74) is 5.42. The van der Waals surface area contributed by atoms with Crippen molar-refractivity contribution in [3.8, 4) is 0 Å². The molecule has 17 heavy (non-hydrogen) atoms. The van der Waals surface area contributed by atoms with Gasteiger partial charge in [0.05, 0.1) is 5.54 Å². The number of rotatable bonds is 1. The van der Waals surface area contributed by atoms with Crippen molar-refractivity contribution in [1.29, 1.82) is 5.41 Å². The first-order valence-electron chi connectivity index (χ1n) is 6.37. The molecule has 94 valence electrons. The Hall–Kier alpha value is -0.710. The Bertz CT molecular complexity index is 333. The maximum absolute atomic E-state index is 11.7. The van der Waals surface area contributed by atoms with Crippen LogP contribution < -0.4 is 5.73 Å². The minimum Gasteiger partial charge on any atom is -0.370 e. The fraction of sp³-hybridized carbons (Fsp3) is 0.833. The number of carbonyl (C=O) groups excluding carboxylic acids is 1. The van der Waals surface area contributed by atoms with Crippen molar-refractivity contribution < 1.29 is 4.79 Å². The van der Waals surface area contributed by atoms with Crippen LogP contribution in [0.2, 0.25) is 0 Å². The van der Waals surface area contributed by atoms with Crippen LogP contribution in [-0.2, 0) is 0 Å². The zero-order chi connectivity index (χ0) is 12.2. The molecule has 4 saturated carbocycles. The zero-order valence-electron chi connectivity index (χ0n) is 9.85. The van der Waals surface area contributed by atoms with E-state index in [-0.39, 0.29) is 16.7 Å². The molecule has 0 spiro atoms. The highest BCUT2D eigenvalue weighted by molar-refractivity contribution is 7.96. The van der Waals surface area contributed by atoms with E-state index in [2.05, 4.69) is 12.6 Å². The molecule has 0 aromatic rings. The molecule has 4 rings (SSSR count). The van der Waals surface area contributed by atoms with Crippen LogP contribution in [0.5, 0.6) is 0 Å². The fourth-order valence-electron chi connectivity index (χ4n) is 4.90. The quantitative estimate of drug-likeness (QED) is 0.381. The van der Waals surface area contributed by atoms with Crippen molar-refractivity contribution in [3.63, 3.8) is 0 Å². The highest BCUT2D eigenvalue weighted by atomic mass is 32.1. The van der Waals surface area contributed by atoms with E-state index >= 15 is 0 Å². The molecule has 0 atom stereocenters. The maximum atomic E-state index is 11.7. The second-order valence-electron chi connectivity index (χ2n) is 6.15. The topological polar surface area (TPSA) is 70.2 Å². The monoisotopic (exact) mass is 253 g/mol. The Morgan fingerprint density at radius 1 is 1.18 bits per heavy atom. The van der Waals surface area contributed by atoms with E-state index in [0.29, 0.717) is 0 Å². The van der Waals surface area contributed by atoms with Crippen molar-refractivity contribution in [2.45, 2.75) is 44.1 Å². The number of carbonyl (C=O) groups is 1. The SMILES string of the molecule is N=C(N)N(C(=O)S)C12CC3CC(CC(C3)C1)C2. The molecule has 4 aliphatic rings. The Morgan fingerprint density at radius 2 is 1.59 bits per heavy atom. The van der Waals surface area contributed by atoms with Crippen LogP contribution >= 0.6 is 12.6 Å². The smallest absolute Gasteiger partial charge is 0.285 e. The Balaban J connectivity index is 1.95.